The van der Waals surface area contributed by atoms with E-state index in [9.17, 15) is 5.11 Å². The standard InChI is InChI=1S/C13H16O4/c1-8-2-4-9(5-3-8)17-11-7-16-12-10(14)6-15-13(11)12/h2-5,10-14H,6-7H2,1H3/t10-,11-,12?,13?/m1/s1. The zero-order chi connectivity index (χ0) is 11.8. The molecular formula is C13H16O4. The normalized spacial score (nSPS) is 35.9. The van der Waals surface area contributed by atoms with Crippen molar-refractivity contribution < 1.29 is 19.3 Å². The fraction of sp³-hybridized carbons (Fsp3) is 0.538. The van der Waals surface area contributed by atoms with Crippen LogP contribution in [0.3, 0.4) is 0 Å². The molecule has 3 rings (SSSR count). The number of aryl methyl sites for hydroxylation is 1. The Labute approximate surface area is 100 Å². The van der Waals surface area contributed by atoms with Gasteiger partial charge < -0.3 is 19.3 Å². The molecule has 0 spiro atoms. The lowest BCUT2D eigenvalue weighted by molar-refractivity contribution is 0.00862. The third kappa shape index (κ3) is 2.04. The molecule has 2 heterocycles. The minimum absolute atomic E-state index is 0.125. The number of hydrogen-bond acceptors (Lipinski definition) is 4. The van der Waals surface area contributed by atoms with E-state index >= 15 is 0 Å². The predicted octanol–water partition coefficient (Wildman–Crippen LogP) is 0.901. The van der Waals surface area contributed by atoms with Gasteiger partial charge in [-0.3, -0.25) is 0 Å². The maximum atomic E-state index is 9.61. The molecule has 92 valence electrons. The Balaban J connectivity index is 1.68. The van der Waals surface area contributed by atoms with Gasteiger partial charge in [0.1, 0.15) is 24.1 Å². The molecular weight excluding hydrogens is 220 g/mol. The smallest absolute Gasteiger partial charge is 0.151 e. The van der Waals surface area contributed by atoms with Gasteiger partial charge in [0.15, 0.2) is 6.10 Å². The number of ether oxygens (including phenoxy) is 3. The molecule has 2 fully saturated rings. The quantitative estimate of drug-likeness (QED) is 0.829. The Bertz CT molecular complexity index is 389. The Morgan fingerprint density at radius 1 is 1.12 bits per heavy atom. The van der Waals surface area contributed by atoms with Crippen LogP contribution in [0.15, 0.2) is 24.3 Å². The second-order valence-corrected chi connectivity index (χ2v) is 4.63. The van der Waals surface area contributed by atoms with Gasteiger partial charge in [-0.1, -0.05) is 17.7 Å². The van der Waals surface area contributed by atoms with Gasteiger partial charge in [0.2, 0.25) is 0 Å². The molecule has 1 aromatic carbocycles. The van der Waals surface area contributed by atoms with Gasteiger partial charge in [0.05, 0.1) is 13.2 Å². The highest BCUT2D eigenvalue weighted by atomic mass is 16.6. The van der Waals surface area contributed by atoms with Crippen molar-refractivity contribution >= 4 is 0 Å². The zero-order valence-electron chi connectivity index (χ0n) is 9.70. The average molecular weight is 236 g/mol. The highest BCUT2D eigenvalue weighted by Gasteiger charge is 2.48. The summed E-state index contributed by atoms with van der Waals surface area (Å²) in [7, 11) is 0. The van der Waals surface area contributed by atoms with Gasteiger partial charge in [-0.2, -0.15) is 0 Å². The lowest BCUT2D eigenvalue weighted by atomic mass is 10.1. The SMILES string of the molecule is Cc1ccc(O[C@@H]2COC3C2OC[C@H]3O)cc1. The molecule has 4 nitrogen and oxygen atoms in total. The number of benzene rings is 1. The first-order chi connectivity index (χ1) is 8.24. The second-order valence-electron chi connectivity index (χ2n) is 4.63. The summed E-state index contributed by atoms with van der Waals surface area (Å²) in [5.74, 6) is 0.815. The molecule has 1 aromatic rings. The van der Waals surface area contributed by atoms with Crippen molar-refractivity contribution in [2.75, 3.05) is 13.2 Å². The Morgan fingerprint density at radius 2 is 1.82 bits per heavy atom. The van der Waals surface area contributed by atoms with Crippen molar-refractivity contribution in [2.45, 2.75) is 31.3 Å². The van der Waals surface area contributed by atoms with Gasteiger partial charge in [-0.15, -0.1) is 0 Å². The molecule has 0 saturated carbocycles. The predicted molar refractivity (Wildman–Crippen MR) is 61.1 cm³/mol. The summed E-state index contributed by atoms with van der Waals surface area (Å²) in [4.78, 5) is 0. The molecule has 2 saturated heterocycles. The second kappa shape index (κ2) is 4.29. The maximum Gasteiger partial charge on any atom is 0.151 e. The van der Waals surface area contributed by atoms with Crippen molar-refractivity contribution in [3.8, 4) is 5.75 Å². The van der Waals surface area contributed by atoms with E-state index in [4.69, 9.17) is 14.2 Å². The highest BCUT2D eigenvalue weighted by Crippen LogP contribution is 2.29. The molecule has 0 amide bonds. The van der Waals surface area contributed by atoms with Crippen molar-refractivity contribution in [1.82, 2.24) is 0 Å². The third-order valence-electron chi connectivity index (χ3n) is 3.29. The van der Waals surface area contributed by atoms with Crippen LogP contribution in [0.25, 0.3) is 0 Å². The molecule has 0 radical (unpaired) electrons. The number of hydrogen-bond donors (Lipinski definition) is 1. The van der Waals surface area contributed by atoms with Gasteiger partial charge in [0.25, 0.3) is 0 Å². The summed E-state index contributed by atoms with van der Waals surface area (Å²) in [6.07, 6.45) is -1.02. The van der Waals surface area contributed by atoms with Crippen LogP contribution in [0.1, 0.15) is 5.56 Å². The van der Waals surface area contributed by atoms with E-state index in [1.807, 2.05) is 31.2 Å². The largest absolute Gasteiger partial charge is 0.485 e. The van der Waals surface area contributed by atoms with Crippen LogP contribution in [0, 0.1) is 6.92 Å². The summed E-state index contributed by atoms with van der Waals surface area (Å²) in [5, 5.41) is 9.61. The monoisotopic (exact) mass is 236 g/mol. The molecule has 1 N–H and O–H groups in total. The molecule has 0 bridgehead atoms. The summed E-state index contributed by atoms with van der Waals surface area (Å²) in [6, 6.07) is 7.89. The minimum Gasteiger partial charge on any atom is -0.485 e. The zero-order valence-corrected chi connectivity index (χ0v) is 9.70. The summed E-state index contributed by atoms with van der Waals surface area (Å²) in [5.41, 5.74) is 1.20. The molecule has 4 heteroatoms. The van der Waals surface area contributed by atoms with Gasteiger partial charge in [-0.05, 0) is 19.1 Å². The average Bonchev–Trinajstić information content (AvgIpc) is 2.87. The van der Waals surface area contributed by atoms with Crippen molar-refractivity contribution in [3.05, 3.63) is 29.8 Å². The Hall–Kier alpha value is -1.10. The van der Waals surface area contributed by atoms with E-state index in [1.165, 1.54) is 5.56 Å². The van der Waals surface area contributed by atoms with Crippen LogP contribution in [0.2, 0.25) is 0 Å². The van der Waals surface area contributed by atoms with Crippen molar-refractivity contribution in [2.24, 2.45) is 0 Å². The maximum absolute atomic E-state index is 9.61. The van der Waals surface area contributed by atoms with E-state index in [0.29, 0.717) is 13.2 Å². The van der Waals surface area contributed by atoms with Gasteiger partial charge in [-0.25, -0.2) is 0 Å². The first kappa shape index (κ1) is 11.0. The molecule has 2 aliphatic heterocycles. The molecule has 17 heavy (non-hydrogen) atoms. The lowest BCUT2D eigenvalue weighted by Gasteiger charge is -2.17. The molecule has 0 aliphatic carbocycles. The summed E-state index contributed by atoms with van der Waals surface area (Å²) >= 11 is 0. The fourth-order valence-corrected chi connectivity index (χ4v) is 2.34. The first-order valence-corrected chi connectivity index (χ1v) is 5.88. The number of rotatable bonds is 2. The Kier molecular flexibility index (Phi) is 2.78. The van der Waals surface area contributed by atoms with E-state index < -0.39 is 6.10 Å². The van der Waals surface area contributed by atoms with Gasteiger partial charge in [0, 0.05) is 0 Å². The van der Waals surface area contributed by atoms with E-state index in [2.05, 4.69) is 0 Å². The Morgan fingerprint density at radius 3 is 2.59 bits per heavy atom. The van der Waals surface area contributed by atoms with Crippen LogP contribution >= 0.6 is 0 Å². The van der Waals surface area contributed by atoms with Crippen LogP contribution in [0.4, 0.5) is 0 Å². The first-order valence-electron chi connectivity index (χ1n) is 5.88. The lowest BCUT2D eigenvalue weighted by Crippen LogP contribution is -2.34. The molecule has 0 aromatic heterocycles. The number of aliphatic hydroxyl groups excluding tert-OH is 1. The van der Waals surface area contributed by atoms with Gasteiger partial charge >= 0.3 is 0 Å². The summed E-state index contributed by atoms with van der Waals surface area (Å²) < 4.78 is 16.8. The van der Waals surface area contributed by atoms with Crippen LogP contribution < -0.4 is 4.74 Å². The van der Waals surface area contributed by atoms with Crippen LogP contribution in [-0.4, -0.2) is 42.7 Å². The highest BCUT2D eigenvalue weighted by molar-refractivity contribution is 5.26. The van der Waals surface area contributed by atoms with E-state index in [1.54, 1.807) is 0 Å². The molecule has 2 aliphatic rings. The molecule has 2 unspecified atom stereocenters. The van der Waals surface area contributed by atoms with E-state index in [0.717, 1.165) is 5.75 Å². The summed E-state index contributed by atoms with van der Waals surface area (Å²) in [6.45, 7) is 2.85. The fourth-order valence-electron chi connectivity index (χ4n) is 2.34. The molecule has 4 atom stereocenters. The number of aliphatic hydroxyl groups is 1. The van der Waals surface area contributed by atoms with Crippen LogP contribution in [0.5, 0.6) is 5.75 Å². The van der Waals surface area contributed by atoms with Crippen molar-refractivity contribution in [3.63, 3.8) is 0 Å². The van der Waals surface area contributed by atoms with Crippen molar-refractivity contribution in [1.29, 1.82) is 0 Å². The third-order valence-corrected chi connectivity index (χ3v) is 3.29. The number of fused-ring (bicyclic) bond motifs is 1. The van der Waals surface area contributed by atoms with Crippen LogP contribution in [-0.2, 0) is 9.47 Å². The minimum atomic E-state index is -0.522. The van der Waals surface area contributed by atoms with E-state index in [-0.39, 0.29) is 18.3 Å². The topological polar surface area (TPSA) is 47.9 Å².